The van der Waals surface area contributed by atoms with E-state index in [1.807, 2.05) is 0 Å². The van der Waals surface area contributed by atoms with E-state index in [1.165, 1.54) is 0 Å². The number of aliphatic hydroxyl groups excluding tert-OH is 1. The molecule has 3 nitrogen and oxygen atoms in total. The SMILES string of the molecule is O=C(OCc1ccc(Cl)c(Cl)c1)c1ccc(CO)cc1. The Bertz CT molecular complexity index is 609. The Morgan fingerprint density at radius 2 is 1.65 bits per heavy atom. The number of benzene rings is 2. The van der Waals surface area contributed by atoms with Crippen LogP contribution in [0.25, 0.3) is 0 Å². The molecule has 0 aromatic heterocycles. The average Bonchev–Trinajstić information content (AvgIpc) is 2.48. The molecule has 0 aliphatic heterocycles. The molecule has 1 N–H and O–H groups in total. The van der Waals surface area contributed by atoms with Crippen molar-refractivity contribution in [2.45, 2.75) is 13.2 Å². The van der Waals surface area contributed by atoms with Gasteiger partial charge in [-0.2, -0.15) is 0 Å². The van der Waals surface area contributed by atoms with Gasteiger partial charge in [0, 0.05) is 0 Å². The molecule has 0 bridgehead atoms. The first-order valence-corrected chi connectivity index (χ1v) is 6.66. The smallest absolute Gasteiger partial charge is 0.338 e. The molecule has 5 heteroatoms. The van der Waals surface area contributed by atoms with E-state index in [4.69, 9.17) is 33.0 Å². The lowest BCUT2D eigenvalue weighted by Gasteiger charge is -2.06. The second-order valence-corrected chi connectivity index (χ2v) is 4.99. The predicted octanol–water partition coefficient (Wildman–Crippen LogP) is 3.84. The van der Waals surface area contributed by atoms with Crippen molar-refractivity contribution in [3.8, 4) is 0 Å². The topological polar surface area (TPSA) is 46.5 Å². The summed E-state index contributed by atoms with van der Waals surface area (Å²) in [5.74, 6) is -0.430. The van der Waals surface area contributed by atoms with Crippen LogP contribution in [-0.4, -0.2) is 11.1 Å². The maximum atomic E-state index is 11.8. The second kappa shape index (κ2) is 6.75. The van der Waals surface area contributed by atoms with Crippen LogP contribution >= 0.6 is 23.2 Å². The third-order valence-electron chi connectivity index (χ3n) is 2.73. The summed E-state index contributed by atoms with van der Waals surface area (Å²) in [6.45, 7) is 0.0656. The first-order valence-electron chi connectivity index (χ1n) is 5.91. The molecule has 0 radical (unpaired) electrons. The Morgan fingerprint density at radius 3 is 2.25 bits per heavy atom. The van der Waals surface area contributed by atoms with E-state index in [2.05, 4.69) is 0 Å². The number of ether oxygens (including phenoxy) is 1. The van der Waals surface area contributed by atoms with E-state index >= 15 is 0 Å². The summed E-state index contributed by atoms with van der Waals surface area (Å²) in [4.78, 5) is 11.8. The molecule has 2 aromatic rings. The second-order valence-electron chi connectivity index (χ2n) is 4.18. The molecule has 0 fully saturated rings. The number of carbonyl (C=O) groups excluding carboxylic acids is 1. The van der Waals surface area contributed by atoms with Crippen LogP contribution in [0.15, 0.2) is 42.5 Å². The van der Waals surface area contributed by atoms with E-state index in [0.717, 1.165) is 11.1 Å². The van der Waals surface area contributed by atoms with E-state index in [1.54, 1.807) is 42.5 Å². The van der Waals surface area contributed by atoms with Crippen molar-refractivity contribution in [1.29, 1.82) is 0 Å². The van der Waals surface area contributed by atoms with E-state index in [-0.39, 0.29) is 13.2 Å². The lowest BCUT2D eigenvalue weighted by atomic mass is 10.1. The Morgan fingerprint density at radius 1 is 1.00 bits per heavy atom. The van der Waals surface area contributed by atoms with Gasteiger partial charge in [0.25, 0.3) is 0 Å². The minimum Gasteiger partial charge on any atom is -0.457 e. The molecule has 0 aliphatic carbocycles. The normalized spacial score (nSPS) is 10.3. The highest BCUT2D eigenvalue weighted by Crippen LogP contribution is 2.23. The van der Waals surface area contributed by atoms with Gasteiger partial charge in [-0.1, -0.05) is 41.4 Å². The Labute approximate surface area is 126 Å². The number of halogens is 2. The third kappa shape index (κ3) is 3.73. The van der Waals surface area contributed by atoms with Crippen LogP contribution in [0.3, 0.4) is 0 Å². The molecular formula is C15H12Cl2O3. The van der Waals surface area contributed by atoms with Crippen LogP contribution in [0.2, 0.25) is 10.0 Å². The lowest BCUT2D eigenvalue weighted by molar-refractivity contribution is 0.0472. The van der Waals surface area contributed by atoms with Gasteiger partial charge in [-0.3, -0.25) is 0 Å². The van der Waals surface area contributed by atoms with Gasteiger partial charge >= 0.3 is 5.97 Å². The van der Waals surface area contributed by atoms with Gasteiger partial charge < -0.3 is 9.84 Å². The highest BCUT2D eigenvalue weighted by atomic mass is 35.5. The molecule has 104 valence electrons. The Balaban J connectivity index is 1.98. The molecule has 0 spiro atoms. The van der Waals surface area contributed by atoms with Gasteiger partial charge in [-0.05, 0) is 35.4 Å². The number of aliphatic hydroxyl groups is 1. The van der Waals surface area contributed by atoms with E-state index in [9.17, 15) is 4.79 Å². The highest BCUT2D eigenvalue weighted by molar-refractivity contribution is 6.42. The van der Waals surface area contributed by atoms with Crippen LogP contribution < -0.4 is 0 Å². The molecule has 0 aliphatic rings. The van der Waals surface area contributed by atoms with Crippen LogP contribution in [-0.2, 0) is 18.0 Å². The predicted molar refractivity (Wildman–Crippen MR) is 77.9 cm³/mol. The van der Waals surface area contributed by atoms with Gasteiger partial charge in [0.2, 0.25) is 0 Å². The largest absolute Gasteiger partial charge is 0.457 e. The van der Waals surface area contributed by atoms with Crippen molar-refractivity contribution in [2.75, 3.05) is 0 Å². The summed E-state index contributed by atoms with van der Waals surface area (Å²) < 4.78 is 5.18. The maximum absolute atomic E-state index is 11.8. The minimum absolute atomic E-state index is 0.0569. The van der Waals surface area contributed by atoms with Crippen molar-refractivity contribution in [3.63, 3.8) is 0 Å². The monoisotopic (exact) mass is 310 g/mol. The molecule has 0 atom stereocenters. The lowest BCUT2D eigenvalue weighted by Crippen LogP contribution is -2.05. The van der Waals surface area contributed by atoms with Crippen molar-refractivity contribution in [3.05, 3.63) is 69.2 Å². The van der Waals surface area contributed by atoms with E-state index in [0.29, 0.717) is 15.6 Å². The van der Waals surface area contributed by atoms with Crippen LogP contribution in [0.4, 0.5) is 0 Å². The maximum Gasteiger partial charge on any atom is 0.338 e. The minimum atomic E-state index is -0.430. The van der Waals surface area contributed by atoms with Gasteiger partial charge in [-0.15, -0.1) is 0 Å². The fraction of sp³-hybridized carbons (Fsp3) is 0.133. The van der Waals surface area contributed by atoms with Crippen molar-refractivity contribution < 1.29 is 14.6 Å². The molecule has 0 saturated carbocycles. The number of hydrogen-bond acceptors (Lipinski definition) is 3. The zero-order chi connectivity index (χ0) is 14.5. The summed E-state index contributed by atoms with van der Waals surface area (Å²) in [6, 6.07) is 11.6. The summed E-state index contributed by atoms with van der Waals surface area (Å²) >= 11 is 11.7. The Kier molecular flexibility index (Phi) is 5.01. The first kappa shape index (κ1) is 14.9. The first-order chi connectivity index (χ1) is 9.60. The van der Waals surface area contributed by atoms with Gasteiger partial charge in [0.15, 0.2) is 0 Å². The zero-order valence-corrected chi connectivity index (χ0v) is 12.0. The summed E-state index contributed by atoms with van der Waals surface area (Å²) in [5.41, 5.74) is 1.94. The summed E-state index contributed by atoms with van der Waals surface area (Å²) in [6.07, 6.45) is 0. The quantitative estimate of drug-likeness (QED) is 0.873. The van der Waals surface area contributed by atoms with Crippen molar-refractivity contribution in [1.82, 2.24) is 0 Å². The fourth-order valence-electron chi connectivity index (χ4n) is 1.61. The third-order valence-corrected chi connectivity index (χ3v) is 3.47. The molecule has 0 amide bonds. The van der Waals surface area contributed by atoms with Crippen LogP contribution in [0.5, 0.6) is 0 Å². The van der Waals surface area contributed by atoms with Crippen molar-refractivity contribution >= 4 is 29.2 Å². The van der Waals surface area contributed by atoms with Gasteiger partial charge in [0.1, 0.15) is 6.61 Å². The number of hydrogen-bond donors (Lipinski definition) is 1. The number of rotatable bonds is 4. The van der Waals surface area contributed by atoms with Crippen molar-refractivity contribution in [2.24, 2.45) is 0 Å². The zero-order valence-electron chi connectivity index (χ0n) is 10.5. The van der Waals surface area contributed by atoms with E-state index < -0.39 is 5.97 Å². The molecule has 0 heterocycles. The Hall–Kier alpha value is -1.55. The molecule has 2 aromatic carbocycles. The molecular weight excluding hydrogens is 299 g/mol. The van der Waals surface area contributed by atoms with Crippen LogP contribution in [0.1, 0.15) is 21.5 Å². The summed E-state index contributed by atoms with van der Waals surface area (Å²) in [5, 5.41) is 9.81. The average molecular weight is 311 g/mol. The summed E-state index contributed by atoms with van der Waals surface area (Å²) in [7, 11) is 0. The molecule has 20 heavy (non-hydrogen) atoms. The molecule has 0 saturated heterocycles. The fourth-order valence-corrected chi connectivity index (χ4v) is 1.93. The number of esters is 1. The van der Waals surface area contributed by atoms with Gasteiger partial charge in [0.05, 0.1) is 22.2 Å². The molecule has 2 rings (SSSR count). The standard InChI is InChI=1S/C15H12Cl2O3/c16-13-6-3-11(7-14(13)17)9-20-15(19)12-4-1-10(8-18)2-5-12/h1-7,18H,8-9H2. The number of carbonyl (C=O) groups is 1. The molecule has 0 unspecified atom stereocenters. The van der Waals surface area contributed by atoms with Gasteiger partial charge in [-0.25, -0.2) is 4.79 Å². The van der Waals surface area contributed by atoms with Crippen LogP contribution in [0, 0.1) is 0 Å². The highest BCUT2D eigenvalue weighted by Gasteiger charge is 2.08.